The van der Waals surface area contributed by atoms with E-state index in [0.717, 1.165) is 20.6 Å². The second kappa shape index (κ2) is 3.91. The van der Waals surface area contributed by atoms with Crippen molar-refractivity contribution in [3.63, 3.8) is 0 Å². The molecule has 0 saturated carbocycles. The van der Waals surface area contributed by atoms with Gasteiger partial charge in [-0.3, -0.25) is 14.5 Å². The van der Waals surface area contributed by atoms with Crippen molar-refractivity contribution < 1.29 is 14.4 Å². The third kappa shape index (κ3) is 1.52. The van der Waals surface area contributed by atoms with Gasteiger partial charge in [-0.25, -0.2) is 9.69 Å². The molecule has 0 aromatic heterocycles. The average Bonchev–Trinajstić information content (AvgIpc) is 2.63. The van der Waals surface area contributed by atoms with Gasteiger partial charge < -0.3 is 0 Å². The summed E-state index contributed by atoms with van der Waals surface area (Å²) < 4.78 is 0. The lowest BCUT2D eigenvalue weighted by atomic mass is 10.1. The maximum atomic E-state index is 12.0. The van der Waals surface area contributed by atoms with Crippen LogP contribution in [0.25, 0.3) is 10.8 Å². The van der Waals surface area contributed by atoms with Crippen molar-refractivity contribution >= 4 is 34.3 Å². The fourth-order valence-corrected chi connectivity index (χ4v) is 2.18. The molecule has 0 radical (unpaired) electrons. The Hall–Kier alpha value is -2.69. The highest BCUT2D eigenvalue weighted by molar-refractivity contribution is 6.53. The topological polar surface area (TPSA) is 57.7 Å². The fourth-order valence-electron chi connectivity index (χ4n) is 2.18. The summed E-state index contributed by atoms with van der Waals surface area (Å²) in [5.74, 6) is -1.62. The van der Waals surface area contributed by atoms with Crippen LogP contribution >= 0.6 is 0 Å². The molecule has 5 heteroatoms. The molecular formula is C14H10N2O3. The van der Waals surface area contributed by atoms with Crippen LogP contribution in [0.1, 0.15) is 0 Å². The molecule has 3 rings (SSSR count). The highest BCUT2D eigenvalue weighted by Crippen LogP contribution is 2.29. The Morgan fingerprint density at radius 1 is 0.842 bits per heavy atom. The van der Waals surface area contributed by atoms with Gasteiger partial charge in [0.05, 0.1) is 5.69 Å². The number of hydrogen-bond donors (Lipinski definition) is 0. The molecule has 19 heavy (non-hydrogen) atoms. The van der Waals surface area contributed by atoms with E-state index in [0.29, 0.717) is 5.69 Å². The maximum Gasteiger partial charge on any atom is 0.338 e. The molecule has 2 aromatic rings. The molecule has 5 nitrogen and oxygen atoms in total. The van der Waals surface area contributed by atoms with Gasteiger partial charge in [0.25, 0.3) is 0 Å². The first kappa shape index (κ1) is 11.4. The number of fused-ring (bicyclic) bond motifs is 1. The predicted molar refractivity (Wildman–Crippen MR) is 69.6 cm³/mol. The van der Waals surface area contributed by atoms with Crippen molar-refractivity contribution in [3.05, 3.63) is 42.5 Å². The molecule has 0 N–H and O–H groups in total. The number of hydrogen-bond acceptors (Lipinski definition) is 3. The van der Waals surface area contributed by atoms with Gasteiger partial charge in [0.15, 0.2) is 0 Å². The molecule has 1 aliphatic rings. The van der Waals surface area contributed by atoms with Gasteiger partial charge >= 0.3 is 17.8 Å². The van der Waals surface area contributed by atoms with Gasteiger partial charge in [0, 0.05) is 12.4 Å². The van der Waals surface area contributed by atoms with E-state index in [-0.39, 0.29) is 0 Å². The summed E-state index contributed by atoms with van der Waals surface area (Å²) in [5.41, 5.74) is 0.436. The predicted octanol–water partition coefficient (Wildman–Crippen LogP) is 1.76. The van der Waals surface area contributed by atoms with E-state index in [9.17, 15) is 14.4 Å². The number of carbonyl (C=O) groups excluding carboxylic acids is 3. The third-order valence-electron chi connectivity index (χ3n) is 3.18. The number of urea groups is 1. The molecule has 4 amide bonds. The van der Waals surface area contributed by atoms with Gasteiger partial charge in [0.2, 0.25) is 0 Å². The molecule has 1 aliphatic heterocycles. The van der Waals surface area contributed by atoms with Gasteiger partial charge in [-0.05, 0) is 11.5 Å². The van der Waals surface area contributed by atoms with Crippen LogP contribution in [0.2, 0.25) is 0 Å². The lowest BCUT2D eigenvalue weighted by Crippen LogP contribution is -2.31. The van der Waals surface area contributed by atoms with E-state index >= 15 is 0 Å². The fraction of sp³-hybridized carbons (Fsp3) is 0.0714. The van der Waals surface area contributed by atoms with E-state index in [1.807, 2.05) is 30.3 Å². The normalized spacial score (nSPS) is 15.7. The van der Waals surface area contributed by atoms with Crippen molar-refractivity contribution in [3.8, 4) is 0 Å². The standard InChI is InChI=1S/C14H10N2O3/c1-15-12(17)13(18)16(14(15)19)11-8-4-6-9-5-2-3-7-10(9)11/h2-8H,1H3. The summed E-state index contributed by atoms with van der Waals surface area (Å²) in [7, 11) is 1.30. The van der Waals surface area contributed by atoms with Crippen LogP contribution in [0.4, 0.5) is 10.5 Å². The lowest BCUT2D eigenvalue weighted by Gasteiger charge is -2.15. The first-order valence-electron chi connectivity index (χ1n) is 5.75. The third-order valence-corrected chi connectivity index (χ3v) is 3.18. The van der Waals surface area contributed by atoms with Crippen LogP contribution < -0.4 is 4.90 Å². The van der Waals surface area contributed by atoms with E-state index in [2.05, 4.69) is 0 Å². The van der Waals surface area contributed by atoms with Crippen molar-refractivity contribution in [2.45, 2.75) is 0 Å². The number of nitrogens with zero attached hydrogens (tertiary/aromatic N) is 2. The zero-order chi connectivity index (χ0) is 13.6. The molecule has 1 heterocycles. The first-order valence-corrected chi connectivity index (χ1v) is 5.75. The molecule has 0 bridgehead atoms. The quantitative estimate of drug-likeness (QED) is 0.575. The number of likely N-dealkylation sites (N-methyl/N-ethyl adjacent to an activating group) is 1. The van der Waals surface area contributed by atoms with Crippen LogP contribution in [0.3, 0.4) is 0 Å². The molecule has 1 saturated heterocycles. The number of rotatable bonds is 1. The minimum atomic E-state index is -0.816. The van der Waals surface area contributed by atoms with Crippen molar-refractivity contribution in [1.29, 1.82) is 0 Å². The van der Waals surface area contributed by atoms with Crippen LogP contribution in [0.15, 0.2) is 42.5 Å². The Kier molecular flexibility index (Phi) is 2.35. The van der Waals surface area contributed by atoms with Gasteiger partial charge in [-0.2, -0.15) is 0 Å². The minimum absolute atomic E-state index is 0.436. The van der Waals surface area contributed by atoms with Crippen LogP contribution in [-0.4, -0.2) is 29.8 Å². The van der Waals surface area contributed by atoms with Gasteiger partial charge in [-0.15, -0.1) is 0 Å². The molecule has 94 valence electrons. The second-order valence-corrected chi connectivity index (χ2v) is 4.29. The Labute approximate surface area is 109 Å². The Morgan fingerprint density at radius 2 is 1.53 bits per heavy atom. The van der Waals surface area contributed by atoms with E-state index < -0.39 is 17.8 Å². The molecule has 0 spiro atoms. The summed E-state index contributed by atoms with van der Waals surface area (Å²) in [6, 6.07) is 12.1. The molecule has 2 aromatic carbocycles. The molecule has 0 unspecified atom stereocenters. The lowest BCUT2D eigenvalue weighted by molar-refractivity contribution is -0.138. The van der Waals surface area contributed by atoms with Crippen molar-refractivity contribution in [2.75, 3.05) is 11.9 Å². The van der Waals surface area contributed by atoms with Crippen molar-refractivity contribution in [2.24, 2.45) is 0 Å². The summed E-state index contributed by atoms with van der Waals surface area (Å²) in [6.45, 7) is 0. The Balaban J connectivity index is 2.23. The van der Waals surface area contributed by atoms with E-state index in [4.69, 9.17) is 0 Å². The van der Waals surface area contributed by atoms with Crippen LogP contribution in [-0.2, 0) is 9.59 Å². The number of imide groups is 2. The number of carbonyl (C=O) groups is 3. The SMILES string of the molecule is CN1C(=O)C(=O)N(c2cccc3ccccc23)C1=O. The summed E-state index contributed by atoms with van der Waals surface area (Å²) in [4.78, 5) is 37.2. The summed E-state index contributed by atoms with van der Waals surface area (Å²) in [6.07, 6.45) is 0. The largest absolute Gasteiger partial charge is 0.338 e. The van der Waals surface area contributed by atoms with Crippen LogP contribution in [0.5, 0.6) is 0 Å². The summed E-state index contributed by atoms with van der Waals surface area (Å²) >= 11 is 0. The Bertz CT molecular complexity index is 718. The van der Waals surface area contributed by atoms with Gasteiger partial charge in [0.1, 0.15) is 0 Å². The first-order chi connectivity index (χ1) is 9.11. The summed E-state index contributed by atoms with van der Waals surface area (Å²) in [5, 5.41) is 1.66. The smallest absolute Gasteiger partial charge is 0.263 e. The maximum absolute atomic E-state index is 12.0. The number of benzene rings is 2. The minimum Gasteiger partial charge on any atom is -0.263 e. The highest BCUT2D eigenvalue weighted by atomic mass is 16.2. The molecule has 1 fully saturated rings. The Morgan fingerprint density at radius 3 is 2.21 bits per heavy atom. The zero-order valence-electron chi connectivity index (χ0n) is 10.2. The number of amides is 4. The molecule has 0 aliphatic carbocycles. The average molecular weight is 254 g/mol. The van der Waals surface area contributed by atoms with Gasteiger partial charge in [-0.1, -0.05) is 36.4 Å². The zero-order valence-corrected chi connectivity index (χ0v) is 10.2. The van der Waals surface area contributed by atoms with E-state index in [1.54, 1.807) is 12.1 Å². The molecule has 0 atom stereocenters. The highest BCUT2D eigenvalue weighted by Gasteiger charge is 2.43. The second-order valence-electron chi connectivity index (χ2n) is 4.29. The van der Waals surface area contributed by atoms with Crippen LogP contribution in [0, 0.1) is 0 Å². The number of anilines is 1. The van der Waals surface area contributed by atoms with Crippen molar-refractivity contribution in [1.82, 2.24) is 4.90 Å². The monoisotopic (exact) mass is 254 g/mol. The molecular weight excluding hydrogens is 244 g/mol. The van der Waals surface area contributed by atoms with E-state index in [1.165, 1.54) is 7.05 Å².